The van der Waals surface area contributed by atoms with Gasteiger partial charge in [-0.25, -0.2) is 9.97 Å². The maximum absolute atomic E-state index is 12.5. The summed E-state index contributed by atoms with van der Waals surface area (Å²) in [4.78, 5) is 21.0. The fourth-order valence-electron chi connectivity index (χ4n) is 2.16. The third-order valence-electron chi connectivity index (χ3n) is 3.29. The van der Waals surface area contributed by atoms with Crippen molar-refractivity contribution in [2.45, 2.75) is 13.0 Å². The zero-order chi connectivity index (χ0) is 14.1. The molecular formula is C15H12BrN3O. The number of benzene rings is 1. The van der Waals surface area contributed by atoms with E-state index in [1.165, 1.54) is 0 Å². The van der Waals surface area contributed by atoms with E-state index in [0.29, 0.717) is 11.0 Å². The van der Waals surface area contributed by atoms with E-state index in [0.717, 1.165) is 10.0 Å². The molecule has 1 aromatic carbocycles. The van der Waals surface area contributed by atoms with E-state index in [1.807, 2.05) is 37.3 Å². The van der Waals surface area contributed by atoms with E-state index in [2.05, 4.69) is 25.9 Å². The number of pyridine rings is 1. The van der Waals surface area contributed by atoms with Gasteiger partial charge in [0.15, 0.2) is 5.52 Å². The number of rotatable bonds is 2. The summed E-state index contributed by atoms with van der Waals surface area (Å²) in [6.07, 6.45) is 3.19. The highest BCUT2D eigenvalue weighted by atomic mass is 79.9. The van der Waals surface area contributed by atoms with E-state index < -0.39 is 0 Å². The van der Waals surface area contributed by atoms with Gasteiger partial charge in [-0.1, -0.05) is 30.3 Å². The Labute approximate surface area is 124 Å². The van der Waals surface area contributed by atoms with Gasteiger partial charge in [0, 0.05) is 10.7 Å². The first kappa shape index (κ1) is 13.0. The molecule has 2 aromatic heterocycles. The highest BCUT2D eigenvalue weighted by molar-refractivity contribution is 9.10. The Kier molecular flexibility index (Phi) is 3.36. The van der Waals surface area contributed by atoms with Crippen LogP contribution in [0.25, 0.3) is 11.0 Å². The zero-order valence-corrected chi connectivity index (χ0v) is 12.4. The SMILES string of the molecule is CC(c1ccccc1)n1cnc2cc(Br)cnc2c1=O. The van der Waals surface area contributed by atoms with Crippen molar-refractivity contribution < 1.29 is 0 Å². The largest absolute Gasteiger partial charge is 0.290 e. The van der Waals surface area contributed by atoms with Crippen LogP contribution in [-0.4, -0.2) is 14.5 Å². The third kappa shape index (κ3) is 2.25. The first-order valence-electron chi connectivity index (χ1n) is 6.24. The summed E-state index contributed by atoms with van der Waals surface area (Å²) < 4.78 is 2.42. The van der Waals surface area contributed by atoms with Gasteiger partial charge in [0.1, 0.15) is 0 Å². The number of fused-ring (bicyclic) bond motifs is 1. The molecule has 5 heteroatoms. The second-order valence-corrected chi connectivity index (χ2v) is 5.48. The lowest BCUT2D eigenvalue weighted by Gasteiger charge is -2.15. The molecule has 0 aliphatic rings. The van der Waals surface area contributed by atoms with Gasteiger partial charge in [0.25, 0.3) is 5.56 Å². The molecule has 0 bridgehead atoms. The van der Waals surface area contributed by atoms with Crippen molar-refractivity contribution in [3.8, 4) is 0 Å². The molecule has 3 rings (SSSR count). The molecule has 0 saturated carbocycles. The number of hydrogen-bond donors (Lipinski definition) is 0. The number of nitrogens with zero attached hydrogens (tertiary/aromatic N) is 3. The van der Waals surface area contributed by atoms with E-state index in [9.17, 15) is 4.79 Å². The molecule has 3 aromatic rings. The summed E-state index contributed by atoms with van der Waals surface area (Å²) in [5, 5.41) is 0. The smallest absolute Gasteiger partial charge is 0.280 e. The van der Waals surface area contributed by atoms with Gasteiger partial charge in [-0.15, -0.1) is 0 Å². The van der Waals surface area contributed by atoms with Crippen LogP contribution in [0.5, 0.6) is 0 Å². The molecule has 0 spiro atoms. The Morgan fingerprint density at radius 3 is 2.70 bits per heavy atom. The van der Waals surface area contributed by atoms with Crippen molar-refractivity contribution in [3.05, 3.63) is 69.3 Å². The summed E-state index contributed by atoms with van der Waals surface area (Å²) >= 11 is 3.33. The fourth-order valence-corrected chi connectivity index (χ4v) is 2.48. The van der Waals surface area contributed by atoms with Crippen LogP contribution < -0.4 is 5.56 Å². The normalized spacial score (nSPS) is 12.5. The topological polar surface area (TPSA) is 47.8 Å². The van der Waals surface area contributed by atoms with Crippen LogP contribution in [0.2, 0.25) is 0 Å². The van der Waals surface area contributed by atoms with Gasteiger partial charge in [-0.05, 0) is 34.5 Å². The minimum atomic E-state index is -0.126. The van der Waals surface area contributed by atoms with Gasteiger partial charge in [0.2, 0.25) is 0 Å². The third-order valence-corrected chi connectivity index (χ3v) is 3.73. The summed E-state index contributed by atoms with van der Waals surface area (Å²) in [6.45, 7) is 1.98. The van der Waals surface area contributed by atoms with E-state index >= 15 is 0 Å². The van der Waals surface area contributed by atoms with Gasteiger partial charge in [0.05, 0.1) is 17.9 Å². The number of hydrogen-bond acceptors (Lipinski definition) is 3. The molecule has 0 radical (unpaired) electrons. The number of halogens is 1. The average molecular weight is 330 g/mol. The predicted octanol–water partition coefficient (Wildman–Crippen LogP) is 3.16. The molecule has 0 N–H and O–H groups in total. The van der Waals surface area contributed by atoms with Crippen LogP contribution in [0.1, 0.15) is 18.5 Å². The van der Waals surface area contributed by atoms with Crippen LogP contribution in [0.15, 0.2) is 58.2 Å². The molecule has 1 atom stereocenters. The Bertz CT molecular complexity index is 814. The van der Waals surface area contributed by atoms with Gasteiger partial charge in [-0.3, -0.25) is 9.36 Å². The maximum Gasteiger partial charge on any atom is 0.280 e. The average Bonchev–Trinajstić information content (AvgIpc) is 2.48. The molecule has 100 valence electrons. The van der Waals surface area contributed by atoms with Crippen molar-refractivity contribution in [1.82, 2.24) is 14.5 Å². The van der Waals surface area contributed by atoms with Crippen LogP contribution in [0.4, 0.5) is 0 Å². The molecule has 0 fully saturated rings. The Morgan fingerprint density at radius 2 is 1.95 bits per heavy atom. The summed E-state index contributed by atoms with van der Waals surface area (Å²) in [5.74, 6) is 0. The predicted molar refractivity (Wildman–Crippen MR) is 81.8 cm³/mol. The molecule has 20 heavy (non-hydrogen) atoms. The van der Waals surface area contributed by atoms with Crippen LogP contribution in [0.3, 0.4) is 0 Å². The Morgan fingerprint density at radius 1 is 1.20 bits per heavy atom. The lowest BCUT2D eigenvalue weighted by atomic mass is 10.1. The van der Waals surface area contributed by atoms with Crippen LogP contribution >= 0.6 is 15.9 Å². The lowest BCUT2D eigenvalue weighted by molar-refractivity contribution is 0.608. The minimum absolute atomic E-state index is 0.0777. The van der Waals surface area contributed by atoms with Gasteiger partial charge >= 0.3 is 0 Å². The molecule has 0 aliphatic heterocycles. The molecule has 0 aliphatic carbocycles. The number of aromatic nitrogens is 3. The van der Waals surface area contributed by atoms with Crippen LogP contribution in [0, 0.1) is 0 Å². The van der Waals surface area contributed by atoms with Gasteiger partial charge in [-0.2, -0.15) is 0 Å². The monoisotopic (exact) mass is 329 g/mol. The standard InChI is InChI=1S/C15H12BrN3O/c1-10(11-5-3-2-4-6-11)19-9-18-13-7-12(16)8-17-14(13)15(19)20/h2-10H,1H3. The first-order valence-corrected chi connectivity index (χ1v) is 7.03. The van der Waals surface area contributed by atoms with E-state index in [1.54, 1.807) is 23.2 Å². The zero-order valence-electron chi connectivity index (χ0n) is 10.8. The van der Waals surface area contributed by atoms with Crippen molar-refractivity contribution in [1.29, 1.82) is 0 Å². The van der Waals surface area contributed by atoms with Crippen molar-refractivity contribution >= 4 is 27.0 Å². The second kappa shape index (κ2) is 5.17. The highest BCUT2D eigenvalue weighted by Crippen LogP contribution is 2.17. The second-order valence-electron chi connectivity index (χ2n) is 4.56. The summed E-state index contributed by atoms with van der Waals surface area (Å²) in [7, 11) is 0. The summed E-state index contributed by atoms with van der Waals surface area (Å²) in [5.41, 5.74) is 1.92. The van der Waals surface area contributed by atoms with E-state index in [-0.39, 0.29) is 11.6 Å². The molecule has 0 saturated heterocycles. The Hall–Kier alpha value is -2.01. The molecule has 2 heterocycles. The molecular weight excluding hydrogens is 318 g/mol. The van der Waals surface area contributed by atoms with Crippen LogP contribution in [-0.2, 0) is 0 Å². The van der Waals surface area contributed by atoms with Crippen molar-refractivity contribution in [2.75, 3.05) is 0 Å². The highest BCUT2D eigenvalue weighted by Gasteiger charge is 2.12. The van der Waals surface area contributed by atoms with E-state index in [4.69, 9.17) is 0 Å². The Balaban J connectivity index is 2.16. The maximum atomic E-state index is 12.5. The van der Waals surface area contributed by atoms with Gasteiger partial charge < -0.3 is 0 Å². The first-order chi connectivity index (χ1) is 9.66. The van der Waals surface area contributed by atoms with Crippen molar-refractivity contribution in [3.63, 3.8) is 0 Å². The summed E-state index contributed by atoms with van der Waals surface area (Å²) in [6, 6.07) is 11.6. The molecule has 1 unspecified atom stereocenters. The minimum Gasteiger partial charge on any atom is -0.290 e. The fraction of sp³-hybridized carbons (Fsp3) is 0.133. The quantitative estimate of drug-likeness (QED) is 0.725. The molecule has 4 nitrogen and oxygen atoms in total. The van der Waals surface area contributed by atoms with Crippen molar-refractivity contribution in [2.24, 2.45) is 0 Å². The lowest BCUT2D eigenvalue weighted by Crippen LogP contribution is -2.25. The molecule has 0 amide bonds.